The van der Waals surface area contributed by atoms with Crippen LogP contribution in [-0.4, -0.2) is 18.7 Å². The van der Waals surface area contributed by atoms with Crippen LogP contribution < -0.4 is 10.1 Å². The van der Waals surface area contributed by atoms with E-state index < -0.39 is 0 Å². The van der Waals surface area contributed by atoms with Crippen molar-refractivity contribution in [1.82, 2.24) is 5.32 Å². The second-order valence-electron chi connectivity index (χ2n) is 4.52. The molecule has 0 bridgehead atoms. The van der Waals surface area contributed by atoms with Crippen LogP contribution in [0.3, 0.4) is 0 Å². The average molecular weight is 223 g/mol. The number of hydrogen-bond acceptors (Lipinski definition) is 2. The van der Waals surface area contributed by atoms with Crippen LogP contribution in [0.15, 0.2) is 18.2 Å². The van der Waals surface area contributed by atoms with E-state index in [1.54, 1.807) is 6.07 Å². The lowest BCUT2D eigenvalue weighted by atomic mass is 10.2. The highest BCUT2D eigenvalue weighted by atomic mass is 19.1. The highest BCUT2D eigenvalue weighted by molar-refractivity contribution is 5.32. The fraction of sp³-hybridized carbons (Fsp3) is 0.538. The maximum absolute atomic E-state index is 12.9. The number of rotatable bonds is 5. The molecule has 0 aromatic heterocycles. The van der Waals surface area contributed by atoms with E-state index in [4.69, 9.17) is 4.74 Å². The summed E-state index contributed by atoms with van der Waals surface area (Å²) in [4.78, 5) is 0. The Morgan fingerprint density at radius 1 is 1.50 bits per heavy atom. The standard InChI is InChI=1S/C13H18FNO/c1-9-7-11(14)3-6-13(9)16-10(2)8-15-12-4-5-12/h3,6-7,10,12,15H,4-5,8H2,1-2H3. The molecule has 1 saturated carbocycles. The number of benzene rings is 1. The summed E-state index contributed by atoms with van der Waals surface area (Å²) in [5.74, 6) is 0.556. The summed E-state index contributed by atoms with van der Waals surface area (Å²) in [7, 11) is 0. The maximum Gasteiger partial charge on any atom is 0.123 e. The fourth-order valence-electron chi connectivity index (χ4n) is 1.62. The molecule has 1 fully saturated rings. The SMILES string of the molecule is Cc1cc(F)ccc1OC(C)CNC1CC1. The molecule has 1 aliphatic rings. The number of nitrogens with one attached hydrogen (secondary N) is 1. The topological polar surface area (TPSA) is 21.3 Å². The van der Waals surface area contributed by atoms with Gasteiger partial charge in [0.15, 0.2) is 0 Å². The molecule has 1 aliphatic carbocycles. The van der Waals surface area contributed by atoms with Crippen LogP contribution in [0.1, 0.15) is 25.3 Å². The number of halogens is 1. The molecule has 0 aliphatic heterocycles. The smallest absolute Gasteiger partial charge is 0.123 e. The summed E-state index contributed by atoms with van der Waals surface area (Å²) < 4.78 is 18.6. The molecule has 2 rings (SSSR count). The zero-order chi connectivity index (χ0) is 11.5. The Labute approximate surface area is 95.8 Å². The van der Waals surface area contributed by atoms with E-state index in [2.05, 4.69) is 5.32 Å². The van der Waals surface area contributed by atoms with E-state index in [0.29, 0.717) is 6.04 Å². The second kappa shape index (κ2) is 4.83. The Hall–Kier alpha value is -1.09. The lowest BCUT2D eigenvalue weighted by Gasteiger charge is -2.16. The van der Waals surface area contributed by atoms with Crippen LogP contribution >= 0.6 is 0 Å². The van der Waals surface area contributed by atoms with Gasteiger partial charge in [0.25, 0.3) is 0 Å². The molecular weight excluding hydrogens is 205 g/mol. The monoisotopic (exact) mass is 223 g/mol. The van der Waals surface area contributed by atoms with E-state index in [-0.39, 0.29) is 11.9 Å². The van der Waals surface area contributed by atoms with E-state index in [0.717, 1.165) is 17.9 Å². The third-order valence-corrected chi connectivity index (χ3v) is 2.74. The molecule has 1 aromatic carbocycles. The predicted octanol–water partition coefficient (Wildman–Crippen LogP) is 2.65. The number of hydrogen-bond donors (Lipinski definition) is 1. The summed E-state index contributed by atoms with van der Waals surface area (Å²) in [6.45, 7) is 4.74. The molecule has 1 unspecified atom stereocenters. The Morgan fingerprint density at radius 2 is 2.25 bits per heavy atom. The predicted molar refractivity (Wildman–Crippen MR) is 62.3 cm³/mol. The van der Waals surface area contributed by atoms with Crippen LogP contribution in [0.4, 0.5) is 4.39 Å². The van der Waals surface area contributed by atoms with Gasteiger partial charge < -0.3 is 10.1 Å². The second-order valence-corrected chi connectivity index (χ2v) is 4.52. The van der Waals surface area contributed by atoms with E-state index in [1.165, 1.54) is 25.0 Å². The van der Waals surface area contributed by atoms with Crippen LogP contribution in [-0.2, 0) is 0 Å². The Kier molecular flexibility index (Phi) is 3.44. The third kappa shape index (κ3) is 3.20. The lowest BCUT2D eigenvalue weighted by molar-refractivity contribution is 0.215. The van der Waals surface area contributed by atoms with Crippen molar-refractivity contribution >= 4 is 0 Å². The molecule has 16 heavy (non-hydrogen) atoms. The van der Waals surface area contributed by atoms with Crippen LogP contribution in [0.25, 0.3) is 0 Å². The van der Waals surface area contributed by atoms with Gasteiger partial charge in [0.2, 0.25) is 0 Å². The van der Waals surface area contributed by atoms with Crippen LogP contribution in [0.2, 0.25) is 0 Å². The molecule has 0 spiro atoms. The molecule has 0 radical (unpaired) electrons. The summed E-state index contributed by atoms with van der Waals surface area (Å²) in [6.07, 6.45) is 2.68. The Morgan fingerprint density at radius 3 is 2.88 bits per heavy atom. The number of ether oxygens (including phenoxy) is 1. The molecule has 0 saturated heterocycles. The zero-order valence-electron chi connectivity index (χ0n) is 9.79. The van der Waals surface area contributed by atoms with Gasteiger partial charge in [0, 0.05) is 12.6 Å². The molecule has 3 heteroatoms. The molecule has 1 aromatic rings. The largest absolute Gasteiger partial charge is 0.489 e. The van der Waals surface area contributed by atoms with Gasteiger partial charge in [-0.25, -0.2) is 4.39 Å². The van der Waals surface area contributed by atoms with Crippen molar-refractivity contribution in [3.63, 3.8) is 0 Å². The minimum Gasteiger partial charge on any atom is -0.489 e. The first-order valence-electron chi connectivity index (χ1n) is 5.81. The first kappa shape index (κ1) is 11.4. The van der Waals surface area contributed by atoms with Crippen molar-refractivity contribution in [1.29, 1.82) is 0 Å². The Balaban J connectivity index is 1.86. The molecule has 88 valence electrons. The van der Waals surface area contributed by atoms with Crippen LogP contribution in [0.5, 0.6) is 5.75 Å². The summed E-state index contributed by atoms with van der Waals surface area (Å²) in [6, 6.07) is 5.32. The van der Waals surface area contributed by atoms with Crippen molar-refractivity contribution in [2.24, 2.45) is 0 Å². The first-order chi connectivity index (χ1) is 7.65. The van der Waals surface area contributed by atoms with Gasteiger partial charge in [-0.05, 0) is 50.5 Å². The van der Waals surface area contributed by atoms with Crippen molar-refractivity contribution < 1.29 is 9.13 Å². The summed E-state index contributed by atoms with van der Waals surface area (Å²) >= 11 is 0. The molecule has 0 amide bonds. The van der Waals surface area contributed by atoms with Gasteiger partial charge in [-0.1, -0.05) is 0 Å². The van der Waals surface area contributed by atoms with Crippen molar-refractivity contribution in [3.8, 4) is 5.75 Å². The highest BCUT2D eigenvalue weighted by Gasteiger charge is 2.21. The highest BCUT2D eigenvalue weighted by Crippen LogP contribution is 2.21. The molecule has 0 heterocycles. The van der Waals surface area contributed by atoms with Gasteiger partial charge in [0.1, 0.15) is 17.7 Å². The first-order valence-corrected chi connectivity index (χ1v) is 5.81. The zero-order valence-corrected chi connectivity index (χ0v) is 9.79. The van der Waals surface area contributed by atoms with Crippen molar-refractivity contribution in [3.05, 3.63) is 29.6 Å². The van der Waals surface area contributed by atoms with Gasteiger partial charge in [0.05, 0.1) is 0 Å². The van der Waals surface area contributed by atoms with Crippen molar-refractivity contribution in [2.75, 3.05) is 6.54 Å². The van der Waals surface area contributed by atoms with Gasteiger partial charge >= 0.3 is 0 Å². The van der Waals surface area contributed by atoms with Gasteiger partial charge in [-0.15, -0.1) is 0 Å². The van der Waals surface area contributed by atoms with Gasteiger partial charge in [-0.2, -0.15) is 0 Å². The third-order valence-electron chi connectivity index (χ3n) is 2.74. The minimum atomic E-state index is -0.214. The Bertz CT molecular complexity index is 363. The molecular formula is C13H18FNO. The maximum atomic E-state index is 12.9. The quantitative estimate of drug-likeness (QED) is 0.828. The normalized spacial score (nSPS) is 17.2. The number of aryl methyl sites for hydroxylation is 1. The van der Waals surface area contributed by atoms with E-state index in [1.807, 2.05) is 13.8 Å². The molecule has 1 N–H and O–H groups in total. The summed E-state index contributed by atoms with van der Waals surface area (Å²) in [5, 5.41) is 3.41. The summed E-state index contributed by atoms with van der Waals surface area (Å²) in [5.41, 5.74) is 0.846. The lowest BCUT2D eigenvalue weighted by Crippen LogP contribution is -2.30. The van der Waals surface area contributed by atoms with E-state index >= 15 is 0 Å². The van der Waals surface area contributed by atoms with Gasteiger partial charge in [-0.3, -0.25) is 0 Å². The molecule has 1 atom stereocenters. The van der Waals surface area contributed by atoms with Crippen LogP contribution in [0, 0.1) is 12.7 Å². The average Bonchev–Trinajstić information content (AvgIpc) is 3.03. The minimum absolute atomic E-state index is 0.116. The van der Waals surface area contributed by atoms with E-state index in [9.17, 15) is 4.39 Å². The molecule has 2 nitrogen and oxygen atoms in total. The van der Waals surface area contributed by atoms with Crippen molar-refractivity contribution in [2.45, 2.75) is 38.8 Å². The fourth-order valence-corrected chi connectivity index (χ4v) is 1.62.